The first-order valence-electron chi connectivity index (χ1n) is 27.4. The molecule has 0 aliphatic carbocycles. The summed E-state index contributed by atoms with van der Waals surface area (Å²) in [6.07, 6.45) is -35.9. The third-order valence-corrected chi connectivity index (χ3v) is 11.7. The lowest BCUT2D eigenvalue weighted by molar-refractivity contribution is -0.325. The van der Waals surface area contributed by atoms with Crippen molar-refractivity contribution in [3.8, 4) is 0 Å². The van der Waals surface area contributed by atoms with Crippen LogP contribution in [-0.4, -0.2) is 167 Å². The Bertz CT molecular complexity index is 2170. The maximum atomic E-state index is 13.0. The molecule has 0 heterocycles. The number of nitrogens with two attached hydrogens (primary N) is 1. The van der Waals surface area contributed by atoms with Crippen molar-refractivity contribution >= 4 is 64.3 Å². The molecule has 0 saturated heterocycles. The highest BCUT2D eigenvalue weighted by Crippen LogP contribution is 2.37. The maximum absolute atomic E-state index is 13.0. The first-order valence-corrected chi connectivity index (χ1v) is 28.6. The first kappa shape index (κ1) is 86.3. The van der Waals surface area contributed by atoms with Crippen molar-refractivity contribution in [2.45, 2.75) is 240 Å². The number of alkyl carbamates (subject to hydrolysis) is 1. The summed E-state index contributed by atoms with van der Waals surface area (Å²) in [5.41, 5.74) is 3.09. The molecule has 7 N–H and O–H groups in total. The van der Waals surface area contributed by atoms with E-state index in [2.05, 4.69) is 35.4 Å². The molecule has 0 fully saturated rings. The Balaban J connectivity index is -0.00000145. The standard InChI is InChI=1S/C29H47F6N3O8.C17H28F6N2O4.C8H15NO2S/c1-16(2)18(14-17(3)39)22(41)36-19(20(40)15-44-23(28(30,31)32)29(33,34)35)12-10-11-13-21(37-24(42)45-26(4,5)6)38-25(43)46-27(7,8)9;1-9(2)11(7-10(3)26)14(28)25-12(5-4-6-24)13(27)8-29-15(16(18,19)20)17(21,22)23;1-6(12-5)9-7(10)11-8(2,3)4/h16,18-20,23,40H,10-15H2,1-9H3,(H,36,41)(H,37,38,42,43);9,11-13,15,27H,4-8,24H2,1-3H3,(H,25,28);1-5H3/t18-,19-,20?;11-,12-,13?;/m00./s1. The number of rotatable bonds is 26. The van der Waals surface area contributed by atoms with Crippen molar-refractivity contribution in [1.29, 1.82) is 0 Å². The number of aliphatic hydroxyl groups is 2. The van der Waals surface area contributed by atoms with Gasteiger partial charge in [0.05, 0.1) is 42.5 Å². The Morgan fingerprint density at radius 2 is 0.862 bits per heavy atom. The number of hydrogen-bond acceptors (Lipinski definition) is 16. The number of hydrogen-bond donors (Lipinski definition) is 6. The quantitative estimate of drug-likeness (QED) is 0.0154. The number of carbonyl (C=O) groups excluding carboxylic acids is 7. The fourth-order valence-corrected chi connectivity index (χ4v) is 7.14. The fourth-order valence-electron chi connectivity index (χ4n) is 6.97. The van der Waals surface area contributed by atoms with Crippen molar-refractivity contribution in [3.63, 3.8) is 0 Å². The number of carbonyl (C=O) groups is 7. The van der Waals surface area contributed by atoms with Crippen LogP contribution in [-0.2, 0) is 42.9 Å². The normalized spacial score (nSPS) is 15.2. The molecule has 0 bridgehead atoms. The number of amidine groups is 1. The van der Waals surface area contributed by atoms with Crippen LogP contribution >= 0.6 is 11.8 Å². The van der Waals surface area contributed by atoms with Gasteiger partial charge in [0, 0.05) is 31.1 Å². The molecule has 0 aromatic carbocycles. The summed E-state index contributed by atoms with van der Waals surface area (Å²) >= 11 is 1.43. The number of ketones is 2. The van der Waals surface area contributed by atoms with Crippen LogP contribution < -0.4 is 21.7 Å². The van der Waals surface area contributed by atoms with E-state index in [4.69, 9.17) is 19.9 Å². The highest BCUT2D eigenvalue weighted by Gasteiger charge is 2.59. The van der Waals surface area contributed by atoms with Gasteiger partial charge >= 0.3 is 43.0 Å². The molecule has 0 aliphatic heterocycles. The van der Waals surface area contributed by atoms with Crippen LogP contribution in [0.3, 0.4) is 0 Å². The molecule has 510 valence electrons. The topological polar surface area (TPSA) is 293 Å². The molecule has 0 spiro atoms. The van der Waals surface area contributed by atoms with Crippen molar-refractivity contribution in [2.75, 3.05) is 26.0 Å². The van der Waals surface area contributed by atoms with E-state index >= 15 is 0 Å². The summed E-state index contributed by atoms with van der Waals surface area (Å²) in [7, 11) is 0. The minimum absolute atomic E-state index is 0.000353. The molecule has 0 aromatic heterocycles. The average Bonchev–Trinajstić information content (AvgIpc) is 2.72. The summed E-state index contributed by atoms with van der Waals surface area (Å²) < 4.78 is 176. The van der Waals surface area contributed by atoms with Gasteiger partial charge in [-0.3, -0.25) is 14.9 Å². The number of aliphatic imine (C=N–C) groups is 2. The number of amides is 5. The lowest BCUT2D eigenvalue weighted by Crippen LogP contribution is -2.51. The third kappa shape index (κ3) is 42.7. The number of nitrogens with zero attached hydrogens (tertiary/aromatic N) is 2. The largest absolute Gasteiger partial charge is 0.444 e. The predicted octanol–water partition coefficient (Wildman–Crippen LogP) is 11.0. The second kappa shape index (κ2) is 38.6. The summed E-state index contributed by atoms with van der Waals surface area (Å²) in [5, 5.41) is 28.6. The summed E-state index contributed by atoms with van der Waals surface area (Å²) in [6, 6.07) is -2.59. The van der Waals surface area contributed by atoms with Gasteiger partial charge in [-0.1, -0.05) is 34.1 Å². The first-order chi connectivity index (χ1) is 39.1. The van der Waals surface area contributed by atoms with Gasteiger partial charge in [0.2, 0.25) is 24.0 Å². The molecular formula is C54H90F12N6O14S. The number of thioether (sulfide) groups is 1. The third-order valence-electron chi connectivity index (χ3n) is 11.0. The molecule has 0 aromatic rings. The molecule has 2 unspecified atom stereocenters. The average molecular weight is 1310 g/mol. The molecule has 5 amide bonds. The Labute approximate surface area is 504 Å². The van der Waals surface area contributed by atoms with E-state index in [-0.39, 0.29) is 87.1 Å². The van der Waals surface area contributed by atoms with Gasteiger partial charge in [-0.25, -0.2) is 14.4 Å². The van der Waals surface area contributed by atoms with Gasteiger partial charge in [-0.05, 0) is 133 Å². The summed E-state index contributed by atoms with van der Waals surface area (Å²) in [6.45, 7) is 23.4. The van der Waals surface area contributed by atoms with E-state index in [9.17, 15) is 96.5 Å². The van der Waals surface area contributed by atoms with E-state index < -0.39 is 133 Å². The van der Waals surface area contributed by atoms with Crippen LogP contribution in [0.1, 0.15) is 162 Å². The molecule has 87 heavy (non-hydrogen) atoms. The van der Waals surface area contributed by atoms with Crippen molar-refractivity contribution < 1.29 is 120 Å². The fraction of sp³-hybridized carbons (Fsp3) is 0.833. The van der Waals surface area contributed by atoms with E-state index in [0.29, 0.717) is 5.04 Å². The van der Waals surface area contributed by atoms with E-state index in [0.717, 1.165) is 0 Å². The van der Waals surface area contributed by atoms with Gasteiger partial charge < -0.3 is 59.9 Å². The zero-order chi connectivity index (χ0) is 69.0. The predicted molar refractivity (Wildman–Crippen MR) is 299 cm³/mol. The molecule has 0 aliphatic rings. The molecule has 0 saturated carbocycles. The molecule has 33 heteroatoms. The number of halogens is 12. The van der Waals surface area contributed by atoms with Gasteiger partial charge in [-0.15, -0.1) is 11.8 Å². The second-order valence-electron chi connectivity index (χ2n) is 23.6. The number of Topliss-reactive ketones (excluding diaryl/α,β-unsaturated/α-hetero) is 2. The Hall–Kier alpha value is -4.86. The van der Waals surface area contributed by atoms with E-state index in [1.54, 1.807) is 76.2 Å². The highest BCUT2D eigenvalue weighted by atomic mass is 32.2. The molecule has 0 radical (unpaired) electrons. The zero-order valence-corrected chi connectivity index (χ0v) is 53.1. The van der Waals surface area contributed by atoms with Gasteiger partial charge in [0.15, 0.2) is 0 Å². The molecule has 20 nitrogen and oxygen atoms in total. The summed E-state index contributed by atoms with van der Waals surface area (Å²) in [5.74, 6) is -4.43. The van der Waals surface area contributed by atoms with Crippen molar-refractivity contribution in [2.24, 2.45) is 39.4 Å². The van der Waals surface area contributed by atoms with Crippen LogP contribution in [0.4, 0.5) is 67.1 Å². The van der Waals surface area contributed by atoms with E-state index in [1.165, 1.54) is 25.6 Å². The molecule has 6 atom stereocenters. The number of aliphatic hydroxyl groups excluding tert-OH is 2. The van der Waals surface area contributed by atoms with Gasteiger partial charge in [0.1, 0.15) is 34.2 Å². The van der Waals surface area contributed by atoms with Crippen LogP contribution in [0.25, 0.3) is 0 Å². The maximum Gasteiger partial charge on any atom is 0.435 e. The number of unbranched alkanes of at least 4 members (excludes halogenated alkanes) is 1. The van der Waals surface area contributed by atoms with Crippen LogP contribution in [0.2, 0.25) is 0 Å². The lowest BCUT2D eigenvalue weighted by atomic mass is 9.89. The SMILES string of the molecule is CC(=O)C[C@H](C(=O)N[C@@H](CCCCC(=NC(=O)OC(C)(C)C)NC(=O)OC(C)(C)C)C(O)COC(C(F)(F)F)C(F)(F)F)C(C)C.CC(=O)C[C@H](C(=O)N[C@@H](CCCN)C(O)COC(C(F)(F)F)C(F)(F)F)C(C)C.CSC(C)=NC(=O)OC(C)(C)C. The minimum atomic E-state index is -5.81. The monoisotopic (exact) mass is 1310 g/mol. The zero-order valence-electron chi connectivity index (χ0n) is 52.3. The Kier molecular flexibility index (Phi) is 38.3. The lowest BCUT2D eigenvalue weighted by Gasteiger charge is -2.29. The van der Waals surface area contributed by atoms with Crippen molar-refractivity contribution in [3.05, 3.63) is 0 Å². The minimum Gasteiger partial charge on any atom is -0.444 e. The van der Waals surface area contributed by atoms with E-state index in [1.807, 2.05) is 27.0 Å². The highest BCUT2D eigenvalue weighted by molar-refractivity contribution is 8.13. The number of nitrogens with one attached hydrogen (secondary N) is 3. The van der Waals surface area contributed by atoms with Crippen LogP contribution in [0.5, 0.6) is 0 Å². The Morgan fingerprint density at radius 1 is 0.529 bits per heavy atom. The van der Waals surface area contributed by atoms with Crippen molar-refractivity contribution in [1.82, 2.24) is 16.0 Å². The summed E-state index contributed by atoms with van der Waals surface area (Å²) in [4.78, 5) is 91.5. The van der Waals surface area contributed by atoms with Crippen LogP contribution in [0, 0.1) is 23.7 Å². The molecule has 0 rings (SSSR count). The van der Waals surface area contributed by atoms with Gasteiger partial charge in [-0.2, -0.15) is 62.7 Å². The Morgan fingerprint density at radius 3 is 1.15 bits per heavy atom. The smallest absolute Gasteiger partial charge is 0.435 e. The molecular weight excluding hydrogens is 1220 g/mol. The second-order valence-corrected chi connectivity index (χ2v) is 24.6. The van der Waals surface area contributed by atoms with Gasteiger partial charge in [0.25, 0.3) is 0 Å². The number of ether oxygens (including phenoxy) is 5. The van der Waals surface area contributed by atoms with Crippen LogP contribution in [0.15, 0.2) is 9.98 Å². The number of alkyl halides is 12.